The van der Waals surface area contributed by atoms with E-state index in [9.17, 15) is 0 Å². The van der Waals surface area contributed by atoms with Crippen LogP contribution < -0.4 is 0 Å². The number of alkyl halides is 1. The van der Waals surface area contributed by atoms with E-state index in [0.717, 1.165) is 11.4 Å². The fourth-order valence-corrected chi connectivity index (χ4v) is 3.02. The molecule has 1 fully saturated rings. The van der Waals surface area contributed by atoms with Crippen molar-refractivity contribution in [1.82, 2.24) is 9.80 Å². The average molecular weight is 291 g/mol. The molecule has 0 aromatic heterocycles. The van der Waals surface area contributed by atoms with Crippen LogP contribution in [0.15, 0.2) is 0 Å². The fraction of sp³-hybridized carbons (Fsp3) is 1.00. The van der Waals surface area contributed by atoms with Crippen LogP contribution in [0.25, 0.3) is 0 Å². The van der Waals surface area contributed by atoms with Gasteiger partial charge in [-0.1, -0.05) is 29.3 Å². The van der Waals surface area contributed by atoms with E-state index in [0.29, 0.717) is 0 Å². The molecule has 0 radical (unpaired) electrons. The van der Waals surface area contributed by atoms with Crippen molar-refractivity contribution >= 4 is 15.9 Å². The highest BCUT2D eigenvalue weighted by atomic mass is 79.9. The van der Waals surface area contributed by atoms with Crippen LogP contribution in [0, 0.1) is 0 Å². The van der Waals surface area contributed by atoms with E-state index in [2.05, 4.69) is 39.7 Å². The molecule has 0 N–H and O–H groups in total. The lowest BCUT2D eigenvalue weighted by Gasteiger charge is -2.27. The van der Waals surface area contributed by atoms with E-state index in [1.54, 1.807) is 0 Å². The van der Waals surface area contributed by atoms with Gasteiger partial charge in [0.2, 0.25) is 0 Å². The van der Waals surface area contributed by atoms with Crippen molar-refractivity contribution in [3.63, 3.8) is 0 Å². The summed E-state index contributed by atoms with van der Waals surface area (Å²) in [7, 11) is 2.28. The molecule has 0 bridgehead atoms. The van der Waals surface area contributed by atoms with Gasteiger partial charge in [0.25, 0.3) is 0 Å². The first-order chi connectivity index (χ1) is 7.77. The van der Waals surface area contributed by atoms with Gasteiger partial charge < -0.3 is 4.90 Å². The molecule has 3 heteroatoms. The first kappa shape index (κ1) is 14.5. The third-order valence-electron chi connectivity index (χ3n) is 3.60. The lowest BCUT2D eigenvalue weighted by molar-refractivity contribution is 0.197. The summed E-state index contributed by atoms with van der Waals surface area (Å²) in [6.07, 6.45) is 6.83. The van der Waals surface area contributed by atoms with Gasteiger partial charge in [-0.2, -0.15) is 0 Å². The summed E-state index contributed by atoms with van der Waals surface area (Å²) in [4.78, 5) is 5.15. The molecule has 0 aromatic rings. The zero-order valence-corrected chi connectivity index (χ0v) is 12.5. The Kier molecular flexibility index (Phi) is 7.67. The molecule has 1 saturated heterocycles. The third kappa shape index (κ3) is 5.15. The molecule has 0 spiro atoms. The van der Waals surface area contributed by atoms with Gasteiger partial charge in [0.1, 0.15) is 0 Å². The topological polar surface area (TPSA) is 6.48 Å². The average Bonchev–Trinajstić information content (AvgIpc) is 2.71. The van der Waals surface area contributed by atoms with Crippen molar-refractivity contribution in [3.8, 4) is 0 Å². The van der Waals surface area contributed by atoms with E-state index in [4.69, 9.17) is 0 Å². The highest BCUT2D eigenvalue weighted by molar-refractivity contribution is 9.09. The summed E-state index contributed by atoms with van der Waals surface area (Å²) in [6, 6.07) is 0.825. The molecule has 1 aliphatic rings. The Labute approximate surface area is 109 Å². The SMILES string of the molecule is CCN1CCCC1CN(C)CCCCCBr. The molecule has 0 aliphatic carbocycles. The third-order valence-corrected chi connectivity index (χ3v) is 4.16. The van der Waals surface area contributed by atoms with Gasteiger partial charge >= 0.3 is 0 Å². The molecule has 2 nitrogen and oxygen atoms in total. The number of unbranched alkanes of at least 4 members (excludes halogenated alkanes) is 2. The summed E-state index contributed by atoms with van der Waals surface area (Å²) < 4.78 is 0. The number of likely N-dealkylation sites (N-methyl/N-ethyl adjacent to an activating group) is 2. The quantitative estimate of drug-likeness (QED) is 0.501. The first-order valence-electron chi connectivity index (χ1n) is 6.76. The molecule has 1 aliphatic heterocycles. The number of hydrogen-bond acceptors (Lipinski definition) is 2. The molecular formula is C13H27BrN2. The van der Waals surface area contributed by atoms with E-state index >= 15 is 0 Å². The summed E-state index contributed by atoms with van der Waals surface area (Å²) in [5, 5.41) is 1.16. The van der Waals surface area contributed by atoms with Crippen molar-refractivity contribution < 1.29 is 0 Å². The van der Waals surface area contributed by atoms with Gasteiger partial charge in [-0.25, -0.2) is 0 Å². The Morgan fingerprint density at radius 3 is 2.81 bits per heavy atom. The maximum Gasteiger partial charge on any atom is 0.0223 e. The van der Waals surface area contributed by atoms with Crippen molar-refractivity contribution in [2.75, 3.05) is 38.6 Å². The molecule has 1 atom stereocenters. The van der Waals surface area contributed by atoms with Gasteiger partial charge in [0, 0.05) is 17.9 Å². The number of nitrogens with zero attached hydrogens (tertiary/aromatic N) is 2. The second-order valence-electron chi connectivity index (χ2n) is 4.94. The van der Waals surface area contributed by atoms with Crippen LogP contribution in [0.3, 0.4) is 0 Å². The minimum atomic E-state index is 0.825. The minimum absolute atomic E-state index is 0.825. The molecule has 0 amide bonds. The molecule has 96 valence electrons. The van der Waals surface area contributed by atoms with Gasteiger partial charge in [0.15, 0.2) is 0 Å². The Morgan fingerprint density at radius 1 is 1.31 bits per heavy atom. The van der Waals surface area contributed by atoms with Crippen LogP contribution in [0.4, 0.5) is 0 Å². The monoisotopic (exact) mass is 290 g/mol. The van der Waals surface area contributed by atoms with Gasteiger partial charge in [-0.3, -0.25) is 4.90 Å². The van der Waals surface area contributed by atoms with Gasteiger partial charge in [0.05, 0.1) is 0 Å². The van der Waals surface area contributed by atoms with Gasteiger partial charge in [-0.15, -0.1) is 0 Å². The Morgan fingerprint density at radius 2 is 2.12 bits per heavy atom. The number of halogens is 1. The lowest BCUT2D eigenvalue weighted by atomic mass is 10.2. The highest BCUT2D eigenvalue weighted by Gasteiger charge is 2.23. The smallest absolute Gasteiger partial charge is 0.0223 e. The van der Waals surface area contributed by atoms with Crippen LogP contribution in [0.2, 0.25) is 0 Å². The molecule has 1 heterocycles. The van der Waals surface area contributed by atoms with Crippen molar-refractivity contribution in [1.29, 1.82) is 0 Å². The van der Waals surface area contributed by atoms with Crippen molar-refractivity contribution in [2.24, 2.45) is 0 Å². The molecule has 1 rings (SSSR count). The maximum absolute atomic E-state index is 3.48. The number of hydrogen-bond donors (Lipinski definition) is 0. The zero-order chi connectivity index (χ0) is 11.8. The van der Waals surface area contributed by atoms with Crippen molar-refractivity contribution in [2.45, 2.75) is 45.1 Å². The first-order valence-corrected chi connectivity index (χ1v) is 7.88. The van der Waals surface area contributed by atoms with Crippen LogP contribution in [0.5, 0.6) is 0 Å². The maximum atomic E-state index is 3.48. The molecule has 1 unspecified atom stereocenters. The number of likely N-dealkylation sites (tertiary alicyclic amines) is 1. The minimum Gasteiger partial charge on any atom is -0.305 e. The summed E-state index contributed by atoms with van der Waals surface area (Å²) in [6.45, 7) is 7.36. The fourth-order valence-electron chi connectivity index (χ4n) is 2.62. The second-order valence-corrected chi connectivity index (χ2v) is 5.73. The summed E-state index contributed by atoms with van der Waals surface area (Å²) >= 11 is 3.48. The predicted molar refractivity (Wildman–Crippen MR) is 75.4 cm³/mol. The molecule has 0 aromatic carbocycles. The van der Waals surface area contributed by atoms with Crippen LogP contribution in [-0.4, -0.2) is 54.4 Å². The number of rotatable bonds is 8. The van der Waals surface area contributed by atoms with Crippen LogP contribution >= 0.6 is 15.9 Å². The zero-order valence-electron chi connectivity index (χ0n) is 10.9. The summed E-state index contributed by atoms with van der Waals surface area (Å²) in [5.74, 6) is 0. The van der Waals surface area contributed by atoms with E-state index < -0.39 is 0 Å². The second kappa shape index (κ2) is 8.48. The Balaban J connectivity index is 2.10. The summed E-state index contributed by atoms with van der Waals surface area (Å²) in [5.41, 5.74) is 0. The Bertz CT molecular complexity index is 175. The van der Waals surface area contributed by atoms with Crippen molar-refractivity contribution in [3.05, 3.63) is 0 Å². The molecule has 16 heavy (non-hydrogen) atoms. The standard InChI is InChI=1S/C13H27BrN2/c1-3-16-11-7-8-13(16)12-15(2)10-6-4-5-9-14/h13H,3-12H2,1-2H3. The lowest BCUT2D eigenvalue weighted by Crippen LogP contribution is -2.39. The predicted octanol–water partition coefficient (Wildman–Crippen LogP) is 2.97. The molecule has 0 saturated carbocycles. The van der Waals surface area contributed by atoms with E-state index in [-0.39, 0.29) is 0 Å². The van der Waals surface area contributed by atoms with E-state index in [1.165, 1.54) is 58.3 Å². The van der Waals surface area contributed by atoms with Crippen LogP contribution in [0.1, 0.15) is 39.0 Å². The largest absolute Gasteiger partial charge is 0.305 e. The normalized spacial score (nSPS) is 22.1. The van der Waals surface area contributed by atoms with Gasteiger partial charge in [-0.05, 0) is 52.4 Å². The highest BCUT2D eigenvalue weighted by Crippen LogP contribution is 2.17. The van der Waals surface area contributed by atoms with E-state index in [1.807, 2.05) is 0 Å². The molecular weight excluding hydrogens is 264 g/mol. The van der Waals surface area contributed by atoms with Crippen LogP contribution in [-0.2, 0) is 0 Å². The Hall–Kier alpha value is 0.400.